The number of hydrogen-bond acceptors (Lipinski definition) is 5. The smallest absolute Gasteiger partial charge is 0.269 e. The molecule has 1 aliphatic rings. The van der Waals surface area contributed by atoms with E-state index in [1.54, 1.807) is 4.68 Å². The van der Waals surface area contributed by atoms with Crippen LogP contribution in [0.4, 0.5) is 11.5 Å². The molecule has 132 valence electrons. The van der Waals surface area contributed by atoms with E-state index in [1.807, 2.05) is 20.8 Å². The Morgan fingerprint density at radius 3 is 2.48 bits per heavy atom. The summed E-state index contributed by atoms with van der Waals surface area (Å²) in [7, 11) is -1.00. The quantitative estimate of drug-likeness (QED) is 0.667. The normalized spacial score (nSPS) is 16.5. The predicted molar refractivity (Wildman–Crippen MR) is 93.8 cm³/mol. The summed E-state index contributed by atoms with van der Waals surface area (Å²) < 4.78 is 13.6. The van der Waals surface area contributed by atoms with E-state index in [-0.39, 0.29) is 17.1 Å². The Morgan fingerprint density at radius 1 is 1.28 bits per heavy atom. The molecule has 1 atom stereocenters. The van der Waals surface area contributed by atoms with E-state index in [0.29, 0.717) is 22.9 Å². The van der Waals surface area contributed by atoms with Gasteiger partial charge in [-0.2, -0.15) is 5.10 Å². The summed E-state index contributed by atoms with van der Waals surface area (Å²) in [6.07, 6.45) is 0. The number of benzene rings is 1. The Balaban J connectivity index is 1.93. The fourth-order valence-electron chi connectivity index (χ4n) is 2.66. The van der Waals surface area contributed by atoms with Crippen molar-refractivity contribution in [3.05, 3.63) is 51.2 Å². The predicted octanol–water partition coefficient (Wildman–Crippen LogP) is 2.56. The standard InChI is InChI=1S/C16H18N4O4S/c1-16(2,3)19-14(12-8-25(24)9-13(12)18-19)17-15(21)10-4-6-11(7-5-10)20(22)23/h4-7H,8-9H2,1-3H3,(H,17,21)/t25-/m0/s1. The average Bonchev–Trinajstić information content (AvgIpc) is 3.04. The van der Waals surface area contributed by atoms with Gasteiger partial charge >= 0.3 is 0 Å². The number of hydrogen-bond donors (Lipinski definition) is 1. The van der Waals surface area contributed by atoms with Crippen LogP contribution in [-0.4, -0.2) is 24.8 Å². The summed E-state index contributed by atoms with van der Waals surface area (Å²) >= 11 is 0. The lowest BCUT2D eigenvalue weighted by molar-refractivity contribution is -0.384. The van der Waals surface area contributed by atoms with Crippen molar-refractivity contribution in [2.75, 3.05) is 5.32 Å². The molecule has 0 radical (unpaired) electrons. The number of non-ortho nitro benzene ring substituents is 1. The van der Waals surface area contributed by atoms with Gasteiger partial charge < -0.3 is 5.32 Å². The van der Waals surface area contributed by atoms with Crippen molar-refractivity contribution >= 4 is 28.2 Å². The molecule has 1 aromatic carbocycles. The summed E-state index contributed by atoms with van der Waals surface area (Å²) in [5.74, 6) is 0.901. The van der Waals surface area contributed by atoms with Crippen LogP contribution in [0.2, 0.25) is 0 Å². The molecule has 0 spiro atoms. The van der Waals surface area contributed by atoms with E-state index in [0.717, 1.165) is 11.3 Å². The maximum absolute atomic E-state index is 12.6. The van der Waals surface area contributed by atoms with Gasteiger partial charge in [-0.15, -0.1) is 0 Å². The maximum atomic E-state index is 12.6. The molecule has 1 N–H and O–H groups in total. The lowest BCUT2D eigenvalue weighted by atomic mass is 10.1. The number of nitrogens with zero attached hydrogens (tertiary/aromatic N) is 3. The zero-order valence-electron chi connectivity index (χ0n) is 14.1. The van der Waals surface area contributed by atoms with Crippen LogP contribution >= 0.6 is 0 Å². The van der Waals surface area contributed by atoms with Crippen LogP contribution in [0.5, 0.6) is 0 Å². The molecule has 2 aromatic rings. The van der Waals surface area contributed by atoms with E-state index in [1.165, 1.54) is 24.3 Å². The van der Waals surface area contributed by atoms with Gasteiger partial charge in [0, 0.05) is 34.1 Å². The van der Waals surface area contributed by atoms with Crippen molar-refractivity contribution in [3.8, 4) is 0 Å². The molecule has 0 unspecified atom stereocenters. The number of nitrogens with one attached hydrogen (secondary N) is 1. The number of aromatic nitrogens is 2. The van der Waals surface area contributed by atoms with Crippen LogP contribution in [0.25, 0.3) is 0 Å². The lowest BCUT2D eigenvalue weighted by Gasteiger charge is -2.23. The fourth-order valence-corrected chi connectivity index (χ4v) is 3.92. The Morgan fingerprint density at radius 2 is 1.92 bits per heavy atom. The third-order valence-corrected chi connectivity index (χ3v) is 5.08. The van der Waals surface area contributed by atoms with Gasteiger partial charge in [-0.25, -0.2) is 4.68 Å². The highest BCUT2D eigenvalue weighted by molar-refractivity contribution is 7.83. The van der Waals surface area contributed by atoms with Gasteiger partial charge in [0.15, 0.2) is 0 Å². The van der Waals surface area contributed by atoms with Crippen LogP contribution in [-0.2, 0) is 27.8 Å². The van der Waals surface area contributed by atoms with Crippen LogP contribution in [0.3, 0.4) is 0 Å². The molecule has 0 saturated carbocycles. The van der Waals surface area contributed by atoms with Gasteiger partial charge in [-0.1, -0.05) is 0 Å². The molecule has 8 nitrogen and oxygen atoms in total. The van der Waals surface area contributed by atoms with Gasteiger partial charge in [-0.3, -0.25) is 19.1 Å². The van der Waals surface area contributed by atoms with Crippen LogP contribution in [0.15, 0.2) is 24.3 Å². The first-order valence-electron chi connectivity index (χ1n) is 7.69. The minimum atomic E-state index is -1.00. The average molecular weight is 362 g/mol. The van der Waals surface area contributed by atoms with Gasteiger partial charge in [0.1, 0.15) is 5.82 Å². The first-order valence-corrected chi connectivity index (χ1v) is 9.17. The van der Waals surface area contributed by atoms with E-state index in [9.17, 15) is 19.1 Å². The second-order valence-electron chi connectivity index (χ2n) is 6.84. The molecule has 0 saturated heterocycles. The van der Waals surface area contributed by atoms with Crippen molar-refractivity contribution < 1.29 is 13.9 Å². The number of carbonyl (C=O) groups excluding carboxylic acids is 1. The molecular formula is C16H18N4O4S. The maximum Gasteiger partial charge on any atom is 0.269 e. The second-order valence-corrected chi connectivity index (χ2v) is 8.30. The zero-order valence-corrected chi connectivity index (χ0v) is 14.9. The fraction of sp³-hybridized carbons (Fsp3) is 0.375. The van der Waals surface area contributed by atoms with E-state index in [4.69, 9.17) is 0 Å². The van der Waals surface area contributed by atoms with Crippen LogP contribution < -0.4 is 5.32 Å². The van der Waals surface area contributed by atoms with Crippen molar-refractivity contribution in [3.63, 3.8) is 0 Å². The molecule has 0 fully saturated rings. The zero-order chi connectivity index (χ0) is 18.4. The SMILES string of the molecule is CC(C)(C)n1nc2c(c1NC(=O)c1ccc([N+](=O)[O-])cc1)C[S@](=O)C2. The number of nitro benzene ring substituents is 1. The Bertz CT molecular complexity index is 881. The summed E-state index contributed by atoms with van der Waals surface area (Å²) in [5, 5.41) is 18.1. The molecule has 25 heavy (non-hydrogen) atoms. The van der Waals surface area contributed by atoms with Gasteiger partial charge in [0.05, 0.1) is 27.7 Å². The highest BCUT2D eigenvalue weighted by Crippen LogP contribution is 2.33. The van der Waals surface area contributed by atoms with Gasteiger partial charge in [0.2, 0.25) is 0 Å². The van der Waals surface area contributed by atoms with Crippen molar-refractivity contribution in [2.45, 2.75) is 37.8 Å². The number of rotatable bonds is 3. The third-order valence-electron chi connectivity index (χ3n) is 3.88. The molecule has 9 heteroatoms. The molecule has 3 rings (SSSR count). The minimum Gasteiger partial charge on any atom is -0.306 e. The van der Waals surface area contributed by atoms with Gasteiger partial charge in [-0.05, 0) is 32.9 Å². The molecule has 0 bridgehead atoms. The first kappa shape index (κ1) is 17.3. The van der Waals surface area contributed by atoms with Crippen LogP contribution in [0.1, 0.15) is 42.4 Å². The number of nitro groups is 1. The van der Waals surface area contributed by atoms with E-state index >= 15 is 0 Å². The summed E-state index contributed by atoms with van der Waals surface area (Å²) in [5.41, 5.74) is 1.41. The van der Waals surface area contributed by atoms with Crippen LogP contribution in [0, 0.1) is 10.1 Å². The van der Waals surface area contributed by atoms with Crippen molar-refractivity contribution in [1.29, 1.82) is 0 Å². The highest BCUT2D eigenvalue weighted by Gasteiger charge is 2.31. The molecule has 2 heterocycles. The second kappa shape index (κ2) is 6.07. The van der Waals surface area contributed by atoms with Crippen molar-refractivity contribution in [1.82, 2.24) is 9.78 Å². The number of amides is 1. The molecule has 0 aliphatic carbocycles. The topological polar surface area (TPSA) is 107 Å². The summed E-state index contributed by atoms with van der Waals surface area (Å²) in [4.78, 5) is 22.8. The van der Waals surface area contributed by atoms with E-state index in [2.05, 4.69) is 10.4 Å². The number of fused-ring (bicyclic) bond motifs is 1. The van der Waals surface area contributed by atoms with Crippen molar-refractivity contribution in [2.24, 2.45) is 0 Å². The first-order chi connectivity index (χ1) is 11.7. The minimum absolute atomic E-state index is 0.0763. The highest BCUT2D eigenvalue weighted by atomic mass is 32.2. The number of carbonyl (C=O) groups is 1. The van der Waals surface area contributed by atoms with E-state index < -0.39 is 15.7 Å². The molecular weight excluding hydrogens is 344 g/mol. The van der Waals surface area contributed by atoms with Gasteiger partial charge in [0.25, 0.3) is 11.6 Å². The third kappa shape index (κ3) is 3.32. The largest absolute Gasteiger partial charge is 0.306 e. The summed E-state index contributed by atoms with van der Waals surface area (Å²) in [6.45, 7) is 5.90. The molecule has 1 aliphatic heterocycles. The Labute approximate surface area is 146 Å². The molecule has 1 amide bonds. The Kier molecular flexibility index (Phi) is 4.19. The lowest BCUT2D eigenvalue weighted by Crippen LogP contribution is -2.27. The number of anilines is 1. The monoisotopic (exact) mass is 362 g/mol. The molecule has 1 aromatic heterocycles. The summed E-state index contributed by atoms with van der Waals surface area (Å²) in [6, 6.07) is 5.39. The Hall–Kier alpha value is -2.55.